The van der Waals surface area contributed by atoms with Crippen LogP contribution in [0.15, 0.2) is 0 Å². The van der Waals surface area contributed by atoms with Gasteiger partial charge in [0, 0.05) is 25.3 Å². The first-order chi connectivity index (χ1) is 12.0. The number of halogens is 1. The lowest BCUT2D eigenvalue weighted by atomic mass is 9.94. The normalized spacial score (nSPS) is 23.5. The molecular weight excluding hydrogens is 348 g/mol. The molecule has 0 radical (unpaired) electrons. The van der Waals surface area contributed by atoms with Crippen LogP contribution >= 0.6 is 11.6 Å². The van der Waals surface area contributed by atoms with Crippen molar-refractivity contribution >= 4 is 23.5 Å². The Bertz CT molecular complexity index is 645. The van der Waals surface area contributed by atoms with Gasteiger partial charge in [-0.05, 0) is 37.8 Å². The van der Waals surface area contributed by atoms with Crippen molar-refractivity contribution in [2.45, 2.75) is 38.3 Å². The number of nitrogens with zero attached hydrogens (tertiary/aromatic N) is 4. The molecule has 1 unspecified atom stereocenters. The number of carbonyl (C=O) groups is 1. The van der Waals surface area contributed by atoms with Crippen molar-refractivity contribution in [1.82, 2.24) is 14.9 Å². The van der Waals surface area contributed by atoms with Crippen molar-refractivity contribution in [3.63, 3.8) is 0 Å². The van der Waals surface area contributed by atoms with Gasteiger partial charge in [-0.3, -0.25) is 4.90 Å². The average molecular weight is 371 g/mol. The van der Waals surface area contributed by atoms with E-state index in [1.54, 1.807) is 0 Å². The zero-order chi connectivity index (χ0) is 18.0. The highest BCUT2D eigenvalue weighted by atomic mass is 35.5. The Morgan fingerprint density at radius 3 is 2.88 bits per heavy atom. The summed E-state index contributed by atoms with van der Waals surface area (Å²) in [4.78, 5) is 24.0. The quantitative estimate of drug-likeness (QED) is 0.778. The first-order valence-corrected chi connectivity index (χ1v) is 8.91. The molecule has 1 fully saturated rings. The van der Waals surface area contributed by atoms with E-state index in [-0.39, 0.29) is 17.9 Å². The van der Waals surface area contributed by atoms with Crippen LogP contribution in [0.2, 0.25) is 5.28 Å². The maximum atomic E-state index is 11.6. The monoisotopic (exact) mass is 370 g/mol. The molecule has 2 aliphatic heterocycles. The molecule has 9 heteroatoms. The van der Waals surface area contributed by atoms with Gasteiger partial charge in [0.05, 0.1) is 31.0 Å². The summed E-state index contributed by atoms with van der Waals surface area (Å²) in [6.45, 7) is 4.41. The van der Waals surface area contributed by atoms with Gasteiger partial charge >= 0.3 is 6.09 Å². The number of hydrogen-bond donors (Lipinski definition) is 2. The van der Waals surface area contributed by atoms with E-state index in [0.717, 1.165) is 11.4 Å². The molecule has 0 aliphatic carbocycles. The van der Waals surface area contributed by atoms with E-state index in [2.05, 4.69) is 21.8 Å². The molecule has 2 atom stereocenters. The Morgan fingerprint density at radius 2 is 2.20 bits per heavy atom. The summed E-state index contributed by atoms with van der Waals surface area (Å²) < 4.78 is 5.50. The molecule has 2 aliphatic rings. The van der Waals surface area contributed by atoms with Crippen molar-refractivity contribution < 1.29 is 19.7 Å². The van der Waals surface area contributed by atoms with Gasteiger partial charge in [0.15, 0.2) is 0 Å². The summed E-state index contributed by atoms with van der Waals surface area (Å²) in [6, 6.07) is -0.249. The Hall–Kier alpha value is -1.64. The Labute approximate surface area is 151 Å². The van der Waals surface area contributed by atoms with E-state index in [9.17, 15) is 15.0 Å². The number of aliphatic hydroxyl groups is 1. The van der Waals surface area contributed by atoms with E-state index in [0.29, 0.717) is 51.3 Å². The predicted octanol–water partition coefficient (Wildman–Crippen LogP) is 1.70. The lowest BCUT2D eigenvalue weighted by Crippen LogP contribution is -2.46. The van der Waals surface area contributed by atoms with Crippen molar-refractivity contribution in [2.75, 3.05) is 37.8 Å². The van der Waals surface area contributed by atoms with Gasteiger partial charge in [0.25, 0.3) is 0 Å². The summed E-state index contributed by atoms with van der Waals surface area (Å²) in [5.74, 6) is 0.782. The van der Waals surface area contributed by atoms with Crippen LogP contribution in [0.1, 0.15) is 37.1 Å². The summed E-state index contributed by atoms with van der Waals surface area (Å²) in [5, 5.41) is 18.8. The fourth-order valence-corrected chi connectivity index (χ4v) is 3.77. The Kier molecular flexibility index (Phi) is 5.61. The topological polar surface area (TPSA) is 99.0 Å². The van der Waals surface area contributed by atoms with Crippen LogP contribution in [0.5, 0.6) is 0 Å². The smallest absolute Gasteiger partial charge is 0.407 e. The second-order valence-electron chi connectivity index (χ2n) is 6.40. The number of amides is 1. The number of rotatable bonds is 4. The third kappa shape index (κ3) is 3.65. The SMILES string of the molecule is C[C@H]1COCCN1c1nc(Cl)nc2c1CCN(C(=O)O)C2CCCO. The highest BCUT2D eigenvalue weighted by Gasteiger charge is 2.35. The number of fused-ring (bicyclic) bond motifs is 1. The van der Waals surface area contributed by atoms with Gasteiger partial charge in [0.2, 0.25) is 5.28 Å². The highest BCUT2D eigenvalue weighted by molar-refractivity contribution is 6.28. The molecule has 25 heavy (non-hydrogen) atoms. The molecule has 138 valence electrons. The number of aliphatic hydroxyl groups excluding tert-OH is 1. The lowest BCUT2D eigenvalue weighted by molar-refractivity contribution is 0.0978. The molecule has 3 rings (SSSR count). The number of anilines is 1. The predicted molar refractivity (Wildman–Crippen MR) is 92.2 cm³/mol. The van der Waals surface area contributed by atoms with Crippen LogP contribution in [-0.4, -0.2) is 70.1 Å². The average Bonchev–Trinajstić information content (AvgIpc) is 2.59. The van der Waals surface area contributed by atoms with Crippen LogP contribution in [0.4, 0.5) is 10.6 Å². The van der Waals surface area contributed by atoms with Crippen molar-refractivity contribution in [2.24, 2.45) is 0 Å². The zero-order valence-corrected chi connectivity index (χ0v) is 14.9. The van der Waals surface area contributed by atoms with E-state index in [4.69, 9.17) is 16.3 Å². The number of carboxylic acid groups (broad SMARTS) is 1. The summed E-state index contributed by atoms with van der Waals surface area (Å²) in [6.07, 6.45) is 0.568. The molecular formula is C16H23ClN4O4. The molecule has 0 saturated carbocycles. The first kappa shape index (κ1) is 18.2. The molecule has 2 N–H and O–H groups in total. The minimum Gasteiger partial charge on any atom is -0.465 e. The maximum absolute atomic E-state index is 11.6. The van der Waals surface area contributed by atoms with Crippen LogP contribution in [0.25, 0.3) is 0 Å². The third-order valence-electron chi connectivity index (χ3n) is 4.81. The van der Waals surface area contributed by atoms with Gasteiger partial charge in [-0.2, -0.15) is 0 Å². The second kappa shape index (κ2) is 7.72. The largest absolute Gasteiger partial charge is 0.465 e. The molecule has 1 saturated heterocycles. The van der Waals surface area contributed by atoms with E-state index >= 15 is 0 Å². The van der Waals surface area contributed by atoms with E-state index < -0.39 is 12.1 Å². The summed E-state index contributed by atoms with van der Waals surface area (Å²) >= 11 is 6.18. The van der Waals surface area contributed by atoms with Crippen LogP contribution < -0.4 is 4.90 Å². The second-order valence-corrected chi connectivity index (χ2v) is 6.74. The third-order valence-corrected chi connectivity index (χ3v) is 4.97. The van der Waals surface area contributed by atoms with E-state index in [1.165, 1.54) is 4.90 Å². The molecule has 0 spiro atoms. The van der Waals surface area contributed by atoms with Gasteiger partial charge in [-0.25, -0.2) is 14.8 Å². The number of ether oxygens (including phenoxy) is 1. The number of hydrogen-bond acceptors (Lipinski definition) is 6. The summed E-state index contributed by atoms with van der Waals surface area (Å²) in [7, 11) is 0. The lowest BCUT2D eigenvalue weighted by Gasteiger charge is -2.39. The van der Waals surface area contributed by atoms with Gasteiger partial charge in [-0.15, -0.1) is 0 Å². The van der Waals surface area contributed by atoms with Crippen LogP contribution in [0.3, 0.4) is 0 Å². The minimum absolute atomic E-state index is 0.00542. The van der Waals surface area contributed by atoms with Gasteiger partial charge in [-0.1, -0.05) is 0 Å². The fourth-order valence-electron chi connectivity index (χ4n) is 3.60. The number of aromatic nitrogens is 2. The molecule has 3 heterocycles. The highest BCUT2D eigenvalue weighted by Crippen LogP contribution is 2.37. The van der Waals surface area contributed by atoms with E-state index in [1.807, 2.05) is 0 Å². The van der Waals surface area contributed by atoms with Crippen molar-refractivity contribution in [1.29, 1.82) is 0 Å². The van der Waals surface area contributed by atoms with Crippen LogP contribution in [0, 0.1) is 0 Å². The van der Waals surface area contributed by atoms with Crippen LogP contribution in [-0.2, 0) is 11.2 Å². The molecule has 0 aromatic carbocycles. The zero-order valence-electron chi connectivity index (χ0n) is 14.2. The maximum Gasteiger partial charge on any atom is 0.407 e. The van der Waals surface area contributed by atoms with Gasteiger partial charge < -0.3 is 19.8 Å². The molecule has 1 aromatic rings. The molecule has 8 nitrogen and oxygen atoms in total. The fraction of sp³-hybridized carbons (Fsp3) is 0.688. The van der Waals surface area contributed by atoms with Crippen molar-refractivity contribution in [3.05, 3.63) is 16.5 Å². The van der Waals surface area contributed by atoms with Crippen molar-refractivity contribution in [3.8, 4) is 0 Å². The summed E-state index contributed by atoms with van der Waals surface area (Å²) in [5.41, 5.74) is 1.62. The Balaban J connectivity index is 2.03. The Morgan fingerprint density at radius 1 is 1.40 bits per heavy atom. The van der Waals surface area contributed by atoms with Gasteiger partial charge in [0.1, 0.15) is 5.82 Å². The standard InChI is InChI=1S/C16H23ClN4O4/c1-10-9-25-8-6-20(10)14-11-4-5-21(16(23)24)12(3-2-7-22)13(11)18-15(17)19-14/h10,12,22H,2-9H2,1H3,(H,23,24)/t10-,12?/m0/s1. The first-order valence-electron chi connectivity index (χ1n) is 8.54. The number of morpholine rings is 1. The molecule has 1 amide bonds. The minimum atomic E-state index is -0.982. The molecule has 1 aromatic heterocycles. The molecule has 0 bridgehead atoms.